The van der Waals surface area contributed by atoms with Gasteiger partial charge >= 0.3 is 0 Å². The zero-order valence-corrected chi connectivity index (χ0v) is 19.5. The number of hydrogen-bond donors (Lipinski definition) is 2. The molecule has 0 aliphatic carbocycles. The molecule has 7 nitrogen and oxygen atoms in total. The van der Waals surface area contributed by atoms with Gasteiger partial charge in [-0.15, -0.1) is 0 Å². The summed E-state index contributed by atoms with van der Waals surface area (Å²) in [5.74, 6) is 1.88. The third kappa shape index (κ3) is 4.62. The van der Waals surface area contributed by atoms with Crippen molar-refractivity contribution in [2.75, 3.05) is 38.7 Å². The molecule has 31 heavy (non-hydrogen) atoms. The van der Waals surface area contributed by atoms with Gasteiger partial charge in [-0.2, -0.15) is 5.26 Å². The summed E-state index contributed by atoms with van der Waals surface area (Å²) in [6.07, 6.45) is 1.56. The van der Waals surface area contributed by atoms with E-state index in [0.29, 0.717) is 22.9 Å². The smallest absolute Gasteiger partial charge is 0.133 e. The van der Waals surface area contributed by atoms with E-state index in [1.165, 1.54) is 0 Å². The number of anilines is 1. The lowest BCUT2D eigenvalue weighted by Crippen LogP contribution is -2.46. The molecule has 3 rings (SSSR count). The molecule has 1 saturated heterocycles. The van der Waals surface area contributed by atoms with Crippen LogP contribution in [-0.2, 0) is 0 Å². The number of rotatable bonds is 8. The standard InChI is InChI=1S/C23H30ClN5O2/c1-13(2)20-15(4)26-12-27-23(20)28-14(3)17-8-19(24)18(9-25)21(22(17)31-5)16-10-29(11-16)6-7-30/h8,12-14,16,30H,6-7,10-11H2,1-5H3,(H,26,27,28). The molecule has 2 heterocycles. The molecule has 2 aromatic rings. The van der Waals surface area contributed by atoms with E-state index in [1.54, 1.807) is 13.4 Å². The Morgan fingerprint density at radius 1 is 1.35 bits per heavy atom. The van der Waals surface area contributed by atoms with Crippen LogP contribution in [-0.4, -0.2) is 53.3 Å². The van der Waals surface area contributed by atoms with Crippen molar-refractivity contribution >= 4 is 17.4 Å². The Morgan fingerprint density at radius 3 is 2.65 bits per heavy atom. The molecule has 0 spiro atoms. The largest absolute Gasteiger partial charge is 0.496 e. The number of hydrogen-bond acceptors (Lipinski definition) is 7. The Balaban J connectivity index is 2.00. The normalized spacial score (nSPS) is 15.5. The van der Waals surface area contributed by atoms with Gasteiger partial charge in [0.2, 0.25) is 0 Å². The maximum Gasteiger partial charge on any atom is 0.133 e. The third-order valence-electron chi connectivity index (χ3n) is 5.87. The highest BCUT2D eigenvalue weighted by molar-refractivity contribution is 6.32. The first-order valence-corrected chi connectivity index (χ1v) is 10.9. The highest BCUT2D eigenvalue weighted by atomic mass is 35.5. The van der Waals surface area contributed by atoms with Crippen molar-refractivity contribution in [3.63, 3.8) is 0 Å². The second kappa shape index (κ2) is 9.82. The zero-order chi connectivity index (χ0) is 22.7. The molecule has 0 bridgehead atoms. The Hall–Kier alpha value is -2.40. The number of benzene rings is 1. The summed E-state index contributed by atoms with van der Waals surface area (Å²) in [6, 6.07) is 3.92. The fraction of sp³-hybridized carbons (Fsp3) is 0.522. The molecule has 1 aliphatic rings. The van der Waals surface area contributed by atoms with E-state index in [1.807, 2.05) is 19.9 Å². The van der Waals surface area contributed by atoms with E-state index < -0.39 is 0 Å². The molecule has 1 aliphatic heterocycles. The lowest BCUT2D eigenvalue weighted by molar-refractivity contribution is 0.114. The molecule has 1 aromatic carbocycles. The molecule has 0 saturated carbocycles. The van der Waals surface area contributed by atoms with Gasteiger partial charge in [0.15, 0.2) is 0 Å². The number of ether oxygens (including phenoxy) is 1. The van der Waals surface area contributed by atoms with Crippen LogP contribution in [0.5, 0.6) is 5.75 Å². The molecule has 1 atom stereocenters. The van der Waals surface area contributed by atoms with E-state index in [4.69, 9.17) is 16.3 Å². The minimum absolute atomic E-state index is 0.118. The van der Waals surface area contributed by atoms with Crippen LogP contribution in [0.4, 0.5) is 5.82 Å². The van der Waals surface area contributed by atoms with E-state index in [2.05, 4.69) is 40.1 Å². The van der Waals surface area contributed by atoms with Crippen LogP contribution in [0.15, 0.2) is 12.4 Å². The van der Waals surface area contributed by atoms with Crippen LogP contribution < -0.4 is 10.1 Å². The number of nitrogens with zero attached hydrogens (tertiary/aromatic N) is 4. The van der Waals surface area contributed by atoms with Crippen molar-refractivity contribution in [3.8, 4) is 11.8 Å². The van der Waals surface area contributed by atoms with Gasteiger partial charge in [-0.05, 0) is 25.8 Å². The van der Waals surface area contributed by atoms with Crippen molar-refractivity contribution in [2.45, 2.75) is 45.6 Å². The van der Waals surface area contributed by atoms with Crippen LogP contribution in [0, 0.1) is 18.3 Å². The quantitative estimate of drug-likeness (QED) is 0.636. The minimum atomic E-state index is -0.153. The number of aryl methyl sites for hydroxylation is 1. The topological polar surface area (TPSA) is 94.3 Å². The Bertz CT molecular complexity index is 983. The number of nitriles is 1. The second-order valence-corrected chi connectivity index (χ2v) is 8.71. The van der Waals surface area contributed by atoms with E-state index >= 15 is 0 Å². The highest BCUT2D eigenvalue weighted by Crippen LogP contribution is 2.43. The number of nitrogens with one attached hydrogen (secondary N) is 1. The summed E-state index contributed by atoms with van der Waals surface area (Å²) in [6.45, 7) is 10.5. The van der Waals surface area contributed by atoms with E-state index in [-0.39, 0.29) is 24.5 Å². The molecule has 1 unspecified atom stereocenters. The highest BCUT2D eigenvalue weighted by Gasteiger charge is 2.34. The molecule has 0 amide bonds. The Morgan fingerprint density at radius 2 is 2.06 bits per heavy atom. The first-order valence-electron chi connectivity index (χ1n) is 10.5. The maximum atomic E-state index is 9.77. The average Bonchev–Trinajstić information content (AvgIpc) is 2.69. The van der Waals surface area contributed by atoms with Gasteiger partial charge in [-0.3, -0.25) is 4.90 Å². The van der Waals surface area contributed by atoms with Crippen molar-refractivity contribution < 1.29 is 9.84 Å². The van der Waals surface area contributed by atoms with Gasteiger partial charge in [0, 0.05) is 47.9 Å². The molecule has 8 heteroatoms. The summed E-state index contributed by atoms with van der Waals surface area (Å²) in [5.41, 5.74) is 4.21. The van der Waals surface area contributed by atoms with Gasteiger partial charge < -0.3 is 15.2 Å². The van der Waals surface area contributed by atoms with Crippen LogP contribution >= 0.6 is 11.6 Å². The number of halogens is 1. The van der Waals surface area contributed by atoms with E-state index in [0.717, 1.165) is 41.3 Å². The van der Waals surface area contributed by atoms with Crippen molar-refractivity contribution in [3.05, 3.63) is 45.4 Å². The summed E-state index contributed by atoms with van der Waals surface area (Å²) in [7, 11) is 1.63. The van der Waals surface area contributed by atoms with Crippen LogP contribution in [0.2, 0.25) is 5.02 Å². The molecular formula is C23H30ClN5O2. The van der Waals surface area contributed by atoms with E-state index in [9.17, 15) is 10.4 Å². The SMILES string of the molecule is COc1c(C(C)Nc2ncnc(C)c2C(C)C)cc(Cl)c(C#N)c1C1CN(CCO)C1. The lowest BCUT2D eigenvalue weighted by Gasteiger charge is -2.40. The second-order valence-electron chi connectivity index (χ2n) is 8.30. The molecule has 0 radical (unpaired) electrons. The predicted octanol–water partition coefficient (Wildman–Crippen LogP) is 4.01. The number of likely N-dealkylation sites (tertiary alicyclic amines) is 1. The summed E-state index contributed by atoms with van der Waals surface area (Å²) < 4.78 is 5.84. The zero-order valence-electron chi connectivity index (χ0n) is 18.7. The Labute approximate surface area is 189 Å². The number of β-amino-alcohol motifs (C(OH)–C–C–N with tert-alkyl or cyclic N) is 1. The summed E-state index contributed by atoms with van der Waals surface area (Å²) >= 11 is 6.56. The van der Waals surface area contributed by atoms with Crippen molar-refractivity contribution in [1.29, 1.82) is 5.26 Å². The van der Waals surface area contributed by atoms with Crippen molar-refractivity contribution in [1.82, 2.24) is 14.9 Å². The van der Waals surface area contributed by atoms with Gasteiger partial charge in [-0.1, -0.05) is 25.4 Å². The van der Waals surface area contributed by atoms with Gasteiger partial charge in [0.1, 0.15) is 24.0 Å². The van der Waals surface area contributed by atoms with Gasteiger partial charge in [0.05, 0.1) is 30.3 Å². The average molecular weight is 444 g/mol. The maximum absolute atomic E-state index is 9.77. The monoisotopic (exact) mass is 443 g/mol. The predicted molar refractivity (Wildman–Crippen MR) is 122 cm³/mol. The first-order chi connectivity index (χ1) is 14.8. The fourth-order valence-electron chi connectivity index (χ4n) is 4.37. The summed E-state index contributed by atoms with van der Waals surface area (Å²) in [4.78, 5) is 11.0. The van der Waals surface area contributed by atoms with Crippen LogP contribution in [0.3, 0.4) is 0 Å². The number of aliphatic hydroxyl groups excluding tert-OH is 1. The lowest BCUT2D eigenvalue weighted by atomic mass is 9.85. The van der Waals surface area contributed by atoms with Crippen LogP contribution in [0.25, 0.3) is 0 Å². The molecule has 1 aromatic heterocycles. The molecule has 1 fully saturated rings. The van der Waals surface area contributed by atoms with Crippen molar-refractivity contribution in [2.24, 2.45) is 0 Å². The first kappa shape index (κ1) is 23.3. The number of methoxy groups -OCH3 is 1. The van der Waals surface area contributed by atoms with Gasteiger partial charge in [0.25, 0.3) is 0 Å². The minimum Gasteiger partial charge on any atom is -0.496 e. The number of aliphatic hydroxyl groups is 1. The summed E-state index contributed by atoms with van der Waals surface area (Å²) in [5, 5.41) is 22.9. The Kier molecular flexibility index (Phi) is 7.37. The third-order valence-corrected chi connectivity index (χ3v) is 6.17. The van der Waals surface area contributed by atoms with Gasteiger partial charge in [-0.25, -0.2) is 9.97 Å². The fourth-order valence-corrected chi connectivity index (χ4v) is 4.64. The number of aromatic nitrogens is 2. The molecule has 2 N–H and O–H groups in total. The van der Waals surface area contributed by atoms with Crippen LogP contribution in [0.1, 0.15) is 66.6 Å². The molecule has 166 valence electrons. The molecular weight excluding hydrogens is 414 g/mol.